The van der Waals surface area contributed by atoms with Gasteiger partial charge >= 0.3 is 0 Å². The Morgan fingerprint density at radius 2 is 2.05 bits per heavy atom. The van der Waals surface area contributed by atoms with Crippen LogP contribution < -0.4 is 5.32 Å². The van der Waals surface area contributed by atoms with Crippen LogP contribution in [0.25, 0.3) is 11.0 Å². The van der Waals surface area contributed by atoms with Crippen LogP contribution in [0.4, 0.5) is 0 Å². The number of imidazole rings is 1. The molecule has 0 saturated heterocycles. The molecule has 0 unspecified atom stereocenters. The van der Waals surface area contributed by atoms with Crippen molar-refractivity contribution in [2.45, 2.75) is 33.4 Å². The van der Waals surface area contributed by atoms with Gasteiger partial charge in [0.2, 0.25) is 0 Å². The molecule has 1 heterocycles. The molecule has 2 rings (SSSR count). The number of fused-ring (bicyclic) bond motifs is 1. The van der Waals surface area contributed by atoms with Gasteiger partial charge in [0.15, 0.2) is 0 Å². The molecule has 20 heavy (non-hydrogen) atoms. The van der Waals surface area contributed by atoms with Gasteiger partial charge in [-0.25, -0.2) is 4.98 Å². The number of likely N-dealkylation sites (N-methyl/N-ethyl adjacent to an activating group) is 1. The zero-order valence-corrected chi connectivity index (χ0v) is 13.1. The molecule has 4 nitrogen and oxygen atoms in total. The lowest BCUT2D eigenvalue weighted by Gasteiger charge is -2.24. The van der Waals surface area contributed by atoms with E-state index in [0.29, 0.717) is 6.04 Å². The summed E-state index contributed by atoms with van der Waals surface area (Å²) in [7, 11) is 2.08. The Bertz CT molecular complexity index is 544. The third-order valence-electron chi connectivity index (χ3n) is 3.88. The van der Waals surface area contributed by atoms with E-state index in [1.807, 2.05) is 6.07 Å². The van der Waals surface area contributed by atoms with E-state index in [0.717, 1.165) is 37.5 Å². The second kappa shape index (κ2) is 6.86. The van der Waals surface area contributed by atoms with Gasteiger partial charge in [0.05, 0.1) is 17.6 Å². The molecule has 2 aromatic rings. The maximum atomic E-state index is 4.67. The molecular formula is C16H26N4. The molecule has 0 atom stereocenters. The van der Waals surface area contributed by atoms with Crippen LogP contribution in [0.5, 0.6) is 0 Å². The molecule has 1 aromatic carbocycles. The Morgan fingerprint density at radius 1 is 1.30 bits per heavy atom. The van der Waals surface area contributed by atoms with Crippen molar-refractivity contribution < 1.29 is 0 Å². The SMILES string of the molecule is CCN(CCNCc1nc2ccccc2n1C)C(C)C. The molecule has 4 heteroatoms. The van der Waals surface area contributed by atoms with Gasteiger partial charge in [-0.3, -0.25) is 4.90 Å². The van der Waals surface area contributed by atoms with Crippen molar-refractivity contribution in [3.63, 3.8) is 0 Å². The molecule has 0 aliphatic rings. The first-order chi connectivity index (χ1) is 9.63. The van der Waals surface area contributed by atoms with Crippen LogP contribution in [0.3, 0.4) is 0 Å². The summed E-state index contributed by atoms with van der Waals surface area (Å²) in [6.45, 7) is 10.7. The molecule has 0 fully saturated rings. The standard InChI is InChI=1S/C16H26N4/c1-5-20(13(2)3)11-10-17-12-16-18-14-8-6-7-9-15(14)19(16)4/h6-9,13,17H,5,10-12H2,1-4H3. The Kier molecular flexibility index (Phi) is 5.15. The third-order valence-corrected chi connectivity index (χ3v) is 3.88. The van der Waals surface area contributed by atoms with Crippen molar-refractivity contribution >= 4 is 11.0 Å². The van der Waals surface area contributed by atoms with Crippen molar-refractivity contribution in [1.82, 2.24) is 19.8 Å². The van der Waals surface area contributed by atoms with E-state index in [1.165, 1.54) is 5.52 Å². The summed E-state index contributed by atoms with van der Waals surface area (Å²) in [6.07, 6.45) is 0. The summed E-state index contributed by atoms with van der Waals surface area (Å²) in [5.41, 5.74) is 2.27. The van der Waals surface area contributed by atoms with Crippen LogP contribution in [-0.2, 0) is 13.6 Å². The fourth-order valence-corrected chi connectivity index (χ4v) is 2.56. The molecule has 0 aliphatic heterocycles. The number of benzene rings is 1. The molecule has 0 saturated carbocycles. The highest BCUT2D eigenvalue weighted by Gasteiger charge is 2.08. The molecule has 110 valence electrons. The van der Waals surface area contributed by atoms with Gasteiger partial charge in [0.25, 0.3) is 0 Å². The molecule has 0 amide bonds. The third kappa shape index (κ3) is 3.38. The van der Waals surface area contributed by atoms with E-state index in [-0.39, 0.29) is 0 Å². The van der Waals surface area contributed by atoms with E-state index in [9.17, 15) is 0 Å². The quantitative estimate of drug-likeness (QED) is 0.787. The second-order valence-corrected chi connectivity index (χ2v) is 5.47. The predicted molar refractivity (Wildman–Crippen MR) is 84.8 cm³/mol. The minimum Gasteiger partial charge on any atom is -0.330 e. The summed E-state index contributed by atoms with van der Waals surface area (Å²) < 4.78 is 2.17. The molecule has 0 radical (unpaired) electrons. The van der Waals surface area contributed by atoms with E-state index in [4.69, 9.17) is 0 Å². The smallest absolute Gasteiger partial charge is 0.123 e. The normalized spacial score (nSPS) is 11.9. The van der Waals surface area contributed by atoms with Gasteiger partial charge in [-0.15, -0.1) is 0 Å². The zero-order valence-electron chi connectivity index (χ0n) is 13.1. The number of hydrogen-bond donors (Lipinski definition) is 1. The van der Waals surface area contributed by atoms with Gasteiger partial charge in [-0.1, -0.05) is 19.1 Å². The maximum Gasteiger partial charge on any atom is 0.123 e. The lowest BCUT2D eigenvalue weighted by molar-refractivity contribution is 0.233. The Morgan fingerprint density at radius 3 is 2.70 bits per heavy atom. The summed E-state index contributed by atoms with van der Waals surface area (Å²) in [4.78, 5) is 7.13. The van der Waals surface area contributed by atoms with Gasteiger partial charge in [0.1, 0.15) is 5.82 Å². The highest BCUT2D eigenvalue weighted by molar-refractivity contribution is 5.75. The fourth-order valence-electron chi connectivity index (χ4n) is 2.56. The monoisotopic (exact) mass is 274 g/mol. The number of para-hydroxylation sites is 2. The van der Waals surface area contributed by atoms with E-state index < -0.39 is 0 Å². The van der Waals surface area contributed by atoms with Crippen LogP contribution in [0.1, 0.15) is 26.6 Å². The van der Waals surface area contributed by atoms with Crippen LogP contribution in [0, 0.1) is 0 Å². The van der Waals surface area contributed by atoms with Crippen LogP contribution in [-0.4, -0.2) is 40.1 Å². The first-order valence-corrected chi connectivity index (χ1v) is 7.48. The maximum absolute atomic E-state index is 4.67. The Hall–Kier alpha value is -1.39. The minimum absolute atomic E-state index is 0.609. The lowest BCUT2D eigenvalue weighted by atomic mass is 10.3. The molecule has 0 spiro atoms. The van der Waals surface area contributed by atoms with Gasteiger partial charge < -0.3 is 9.88 Å². The molecular weight excluding hydrogens is 248 g/mol. The lowest BCUT2D eigenvalue weighted by Crippen LogP contribution is -2.36. The van der Waals surface area contributed by atoms with Crippen molar-refractivity contribution in [1.29, 1.82) is 0 Å². The predicted octanol–water partition coefficient (Wildman–Crippen LogP) is 2.39. The number of nitrogens with one attached hydrogen (secondary N) is 1. The van der Waals surface area contributed by atoms with E-state index in [2.05, 4.69) is 65.8 Å². The summed E-state index contributed by atoms with van der Waals surface area (Å²) in [6, 6.07) is 8.88. The largest absolute Gasteiger partial charge is 0.330 e. The molecule has 1 aromatic heterocycles. The van der Waals surface area contributed by atoms with E-state index in [1.54, 1.807) is 0 Å². The number of hydrogen-bond acceptors (Lipinski definition) is 3. The first kappa shape index (κ1) is 15.0. The Labute approximate surface area is 121 Å². The molecule has 1 N–H and O–H groups in total. The van der Waals surface area contributed by atoms with Crippen molar-refractivity contribution in [2.75, 3.05) is 19.6 Å². The number of aromatic nitrogens is 2. The number of rotatable bonds is 7. The number of aryl methyl sites for hydroxylation is 1. The number of nitrogens with zero attached hydrogens (tertiary/aromatic N) is 3. The van der Waals surface area contributed by atoms with Gasteiger partial charge in [0, 0.05) is 26.2 Å². The second-order valence-electron chi connectivity index (χ2n) is 5.47. The van der Waals surface area contributed by atoms with Gasteiger partial charge in [-0.2, -0.15) is 0 Å². The van der Waals surface area contributed by atoms with Crippen LogP contribution in [0.2, 0.25) is 0 Å². The van der Waals surface area contributed by atoms with Gasteiger partial charge in [-0.05, 0) is 32.5 Å². The van der Waals surface area contributed by atoms with Crippen molar-refractivity contribution in [2.24, 2.45) is 7.05 Å². The minimum atomic E-state index is 0.609. The average Bonchev–Trinajstić information content (AvgIpc) is 2.76. The van der Waals surface area contributed by atoms with Crippen LogP contribution in [0.15, 0.2) is 24.3 Å². The summed E-state index contributed by atoms with van der Waals surface area (Å²) in [5.74, 6) is 1.10. The summed E-state index contributed by atoms with van der Waals surface area (Å²) >= 11 is 0. The Balaban J connectivity index is 1.88. The van der Waals surface area contributed by atoms with Crippen molar-refractivity contribution in [3.8, 4) is 0 Å². The van der Waals surface area contributed by atoms with E-state index >= 15 is 0 Å². The molecule has 0 bridgehead atoms. The fraction of sp³-hybridized carbons (Fsp3) is 0.562. The average molecular weight is 274 g/mol. The highest BCUT2D eigenvalue weighted by atomic mass is 15.2. The summed E-state index contributed by atoms with van der Waals surface area (Å²) in [5, 5.41) is 3.50. The zero-order chi connectivity index (χ0) is 14.5. The molecule has 0 aliphatic carbocycles. The highest BCUT2D eigenvalue weighted by Crippen LogP contribution is 2.13. The van der Waals surface area contributed by atoms with Crippen molar-refractivity contribution in [3.05, 3.63) is 30.1 Å². The van der Waals surface area contributed by atoms with Crippen LogP contribution >= 0.6 is 0 Å². The topological polar surface area (TPSA) is 33.1 Å². The first-order valence-electron chi connectivity index (χ1n) is 7.48.